The van der Waals surface area contributed by atoms with Gasteiger partial charge in [0.05, 0.1) is 17.8 Å². The summed E-state index contributed by atoms with van der Waals surface area (Å²) in [5, 5.41) is 2.83. The highest BCUT2D eigenvalue weighted by atomic mass is 19.1. The summed E-state index contributed by atoms with van der Waals surface area (Å²) < 4.78 is 25.8. The third kappa shape index (κ3) is 5.15. The predicted molar refractivity (Wildman–Crippen MR) is 129 cm³/mol. The molecule has 1 aromatic heterocycles. The Kier molecular flexibility index (Phi) is 8.12. The fourth-order valence-electron chi connectivity index (χ4n) is 4.29. The van der Waals surface area contributed by atoms with E-state index in [0.29, 0.717) is 23.9 Å². The van der Waals surface area contributed by atoms with Gasteiger partial charge in [-0.05, 0) is 68.1 Å². The molecular weight excluding hydrogens is 433 g/mol. The number of allylic oxidation sites excluding steroid dienone is 13. The van der Waals surface area contributed by atoms with Crippen LogP contribution in [0.4, 0.5) is 4.39 Å². The summed E-state index contributed by atoms with van der Waals surface area (Å²) in [7, 11) is 1.69. The number of aromatic amines is 2. The van der Waals surface area contributed by atoms with Crippen molar-refractivity contribution in [3.8, 4) is 0 Å². The molecule has 6 nitrogen and oxygen atoms in total. The zero-order valence-electron chi connectivity index (χ0n) is 20.1. The van der Waals surface area contributed by atoms with Crippen LogP contribution in [0, 0.1) is 5.92 Å². The molecule has 3 rings (SSSR count). The van der Waals surface area contributed by atoms with E-state index in [1.807, 2.05) is 26.0 Å². The fourth-order valence-corrected chi connectivity index (χ4v) is 4.29. The van der Waals surface area contributed by atoms with Gasteiger partial charge in [0, 0.05) is 18.2 Å². The van der Waals surface area contributed by atoms with Crippen LogP contribution in [0.2, 0.25) is 0 Å². The minimum atomic E-state index is -0.771. The lowest BCUT2D eigenvalue weighted by atomic mass is 9.78. The van der Waals surface area contributed by atoms with E-state index in [-0.39, 0.29) is 17.9 Å². The SMILES string of the molecule is C=C/C(C)=C(\C=C/C)C1CC=C(c2[nH+]c(C3=CC(F)=C(C(N)=O)CC=C3)[nH+]o2)C(C)=C1COC. The van der Waals surface area contributed by atoms with Crippen molar-refractivity contribution in [3.63, 3.8) is 0 Å². The average molecular weight is 466 g/mol. The monoisotopic (exact) mass is 465 g/mol. The highest BCUT2D eigenvalue weighted by Gasteiger charge is 2.33. The van der Waals surface area contributed by atoms with E-state index < -0.39 is 11.7 Å². The molecule has 1 amide bonds. The van der Waals surface area contributed by atoms with Crippen LogP contribution in [0.25, 0.3) is 11.1 Å². The molecular formula is C27H32FN3O3+2. The van der Waals surface area contributed by atoms with Crippen LogP contribution < -0.4 is 15.9 Å². The zero-order chi connectivity index (χ0) is 24.8. The Morgan fingerprint density at radius 1 is 1.44 bits per heavy atom. The van der Waals surface area contributed by atoms with E-state index in [2.05, 4.69) is 35.8 Å². The summed E-state index contributed by atoms with van der Waals surface area (Å²) >= 11 is 0. The van der Waals surface area contributed by atoms with Crippen molar-refractivity contribution in [2.75, 3.05) is 13.7 Å². The third-order valence-corrected chi connectivity index (χ3v) is 6.16. The predicted octanol–water partition coefficient (Wildman–Crippen LogP) is 4.40. The van der Waals surface area contributed by atoms with Crippen LogP contribution in [-0.4, -0.2) is 19.6 Å². The second-order valence-electron chi connectivity index (χ2n) is 8.26. The molecule has 0 bridgehead atoms. The molecule has 2 aliphatic rings. The number of nitrogens with one attached hydrogen (secondary N) is 2. The van der Waals surface area contributed by atoms with Crippen molar-refractivity contribution < 1.29 is 28.6 Å². The molecule has 0 saturated heterocycles. The standard InChI is InChI=1S/C27H30FN3O3/c1-6-9-19(16(3)7-2)21-13-12-20(17(4)23(21)15-33-5)27-30-26(31-34-27)18-10-8-11-22(25(29)32)24(28)14-18/h6-10,12,14,21H,2,11,13,15H2,1,3-5H3,(H2,29,32)/p+2/b9-6-,19-16+. The molecule has 1 heterocycles. The molecule has 1 unspecified atom stereocenters. The first-order chi connectivity index (χ1) is 16.3. The smallest absolute Gasteiger partial charge is 0.380 e. The number of nitrogens with two attached hydrogens (primary N) is 1. The van der Waals surface area contributed by atoms with Gasteiger partial charge in [-0.3, -0.25) is 4.79 Å². The number of hydrogen-bond acceptors (Lipinski definition) is 3. The fraction of sp³-hybridized carbons (Fsp3) is 0.296. The van der Waals surface area contributed by atoms with Crippen molar-refractivity contribution >= 4 is 17.1 Å². The van der Waals surface area contributed by atoms with Gasteiger partial charge >= 0.3 is 11.7 Å². The van der Waals surface area contributed by atoms with E-state index in [1.165, 1.54) is 11.6 Å². The number of ether oxygens (including phenoxy) is 1. The number of carbonyl (C=O) groups is 1. The number of carbonyl (C=O) groups excluding carboxylic acids is 1. The minimum absolute atomic E-state index is 0.0567. The molecule has 178 valence electrons. The van der Waals surface area contributed by atoms with Gasteiger partial charge in [-0.1, -0.05) is 37.0 Å². The summed E-state index contributed by atoms with van der Waals surface area (Å²) in [5.41, 5.74) is 11.2. The zero-order valence-corrected chi connectivity index (χ0v) is 20.1. The summed E-state index contributed by atoms with van der Waals surface area (Å²) in [4.78, 5) is 14.7. The van der Waals surface area contributed by atoms with Crippen LogP contribution in [0.3, 0.4) is 0 Å². The van der Waals surface area contributed by atoms with E-state index in [0.717, 1.165) is 28.7 Å². The molecule has 0 aliphatic heterocycles. The van der Waals surface area contributed by atoms with Gasteiger partial charge in [0.15, 0.2) is 0 Å². The number of amides is 1. The number of hydrogen-bond donors (Lipinski definition) is 1. The van der Waals surface area contributed by atoms with Gasteiger partial charge in [-0.25, -0.2) is 4.39 Å². The Morgan fingerprint density at radius 3 is 2.85 bits per heavy atom. The summed E-state index contributed by atoms with van der Waals surface area (Å²) in [6.45, 7) is 10.5. The summed E-state index contributed by atoms with van der Waals surface area (Å²) in [6.07, 6.45) is 13.7. The van der Waals surface area contributed by atoms with Crippen molar-refractivity contribution in [1.29, 1.82) is 0 Å². The number of methoxy groups -OCH3 is 1. The van der Waals surface area contributed by atoms with Crippen LogP contribution in [0.1, 0.15) is 45.3 Å². The number of rotatable bonds is 8. The first-order valence-electron chi connectivity index (χ1n) is 11.2. The number of halogens is 1. The summed E-state index contributed by atoms with van der Waals surface area (Å²) in [5.74, 6) is -0.263. The molecule has 2 aliphatic carbocycles. The normalized spacial score (nSPS) is 19.7. The quantitative estimate of drug-likeness (QED) is 0.577. The molecule has 0 aromatic carbocycles. The van der Waals surface area contributed by atoms with Crippen molar-refractivity contribution in [1.82, 2.24) is 0 Å². The van der Waals surface area contributed by atoms with E-state index >= 15 is 0 Å². The lowest BCUT2D eigenvalue weighted by Gasteiger charge is -2.27. The van der Waals surface area contributed by atoms with Crippen LogP contribution in [0.5, 0.6) is 0 Å². The molecule has 0 radical (unpaired) electrons. The van der Waals surface area contributed by atoms with Gasteiger partial charge in [0.25, 0.3) is 0 Å². The minimum Gasteiger partial charge on any atom is -0.380 e. The van der Waals surface area contributed by atoms with Crippen LogP contribution in [-0.2, 0) is 9.53 Å². The van der Waals surface area contributed by atoms with E-state index in [4.69, 9.17) is 15.0 Å². The van der Waals surface area contributed by atoms with Gasteiger partial charge in [0.1, 0.15) is 11.4 Å². The molecule has 0 saturated carbocycles. The highest BCUT2D eigenvalue weighted by molar-refractivity contribution is 5.94. The largest absolute Gasteiger partial charge is 0.493 e. The van der Waals surface area contributed by atoms with Gasteiger partial charge < -0.3 is 10.5 Å². The molecule has 7 heteroatoms. The Balaban J connectivity index is 2.00. The summed E-state index contributed by atoms with van der Waals surface area (Å²) in [6, 6.07) is 0. The highest BCUT2D eigenvalue weighted by Crippen LogP contribution is 2.39. The van der Waals surface area contributed by atoms with Crippen molar-refractivity contribution in [2.24, 2.45) is 11.7 Å². The van der Waals surface area contributed by atoms with Crippen LogP contribution >= 0.6 is 0 Å². The van der Waals surface area contributed by atoms with Crippen molar-refractivity contribution in [3.05, 3.63) is 94.5 Å². The van der Waals surface area contributed by atoms with Gasteiger partial charge in [0.2, 0.25) is 5.91 Å². The third-order valence-electron chi connectivity index (χ3n) is 6.16. The maximum absolute atomic E-state index is 14.5. The maximum Gasteiger partial charge on any atom is 0.493 e. The topological polar surface area (TPSA) is 93.7 Å². The Bertz CT molecular complexity index is 1210. The second kappa shape index (κ2) is 11.0. The van der Waals surface area contributed by atoms with Gasteiger partial charge in [-0.2, -0.15) is 4.52 Å². The van der Waals surface area contributed by atoms with E-state index in [1.54, 1.807) is 19.3 Å². The molecule has 1 atom stereocenters. The van der Waals surface area contributed by atoms with Crippen molar-refractivity contribution in [2.45, 2.75) is 33.6 Å². The first-order valence-corrected chi connectivity index (χ1v) is 11.2. The second-order valence-corrected chi connectivity index (χ2v) is 8.26. The Morgan fingerprint density at radius 2 is 2.21 bits per heavy atom. The lowest BCUT2D eigenvalue weighted by molar-refractivity contribution is -0.627. The Hall–Kier alpha value is -3.58. The molecule has 0 spiro atoms. The number of aromatic nitrogens is 2. The molecule has 1 aromatic rings. The number of H-pyrrole nitrogens is 2. The van der Waals surface area contributed by atoms with Crippen LogP contribution in [0.15, 0.2) is 87.3 Å². The Labute approximate surface area is 199 Å². The lowest BCUT2D eigenvalue weighted by Crippen LogP contribution is -2.20. The first kappa shape index (κ1) is 25.1. The maximum atomic E-state index is 14.5. The molecule has 4 N–H and O–H groups in total. The number of primary amides is 1. The van der Waals surface area contributed by atoms with E-state index in [9.17, 15) is 9.18 Å². The molecule has 34 heavy (non-hydrogen) atoms. The molecule has 0 fully saturated rings. The van der Waals surface area contributed by atoms with Gasteiger partial charge in [-0.15, -0.1) is 4.98 Å². The average Bonchev–Trinajstić information content (AvgIpc) is 3.21.